The molecule has 0 saturated heterocycles. The summed E-state index contributed by atoms with van der Waals surface area (Å²) >= 11 is 0. The third kappa shape index (κ3) is 3.64. The SMILES string of the molecule is CCC(CC)(CC(=O)O)NC(=O)c1nccnc1N. The summed E-state index contributed by atoms with van der Waals surface area (Å²) in [6.07, 6.45) is 3.60. The zero-order valence-corrected chi connectivity index (χ0v) is 11.0. The summed E-state index contributed by atoms with van der Waals surface area (Å²) < 4.78 is 0. The Morgan fingerprint density at radius 2 is 1.89 bits per heavy atom. The van der Waals surface area contributed by atoms with Crippen molar-refractivity contribution in [2.24, 2.45) is 0 Å². The first-order valence-corrected chi connectivity index (χ1v) is 6.05. The third-order valence-electron chi connectivity index (χ3n) is 3.16. The minimum Gasteiger partial charge on any atom is -0.481 e. The number of aromatic nitrogens is 2. The van der Waals surface area contributed by atoms with E-state index in [1.165, 1.54) is 12.4 Å². The molecule has 19 heavy (non-hydrogen) atoms. The third-order valence-corrected chi connectivity index (χ3v) is 3.16. The van der Waals surface area contributed by atoms with Crippen LogP contribution in [0.2, 0.25) is 0 Å². The normalized spacial score (nSPS) is 11.1. The van der Waals surface area contributed by atoms with E-state index in [0.717, 1.165) is 0 Å². The number of aliphatic carboxylic acids is 1. The average Bonchev–Trinajstić information content (AvgIpc) is 2.37. The lowest BCUT2D eigenvalue weighted by Gasteiger charge is -2.31. The van der Waals surface area contributed by atoms with Gasteiger partial charge in [-0.1, -0.05) is 13.8 Å². The molecule has 0 spiro atoms. The number of anilines is 1. The zero-order chi connectivity index (χ0) is 14.5. The predicted molar refractivity (Wildman–Crippen MR) is 69.5 cm³/mol. The van der Waals surface area contributed by atoms with E-state index in [1.54, 1.807) is 0 Å². The van der Waals surface area contributed by atoms with Crippen molar-refractivity contribution in [1.82, 2.24) is 15.3 Å². The molecule has 0 fully saturated rings. The van der Waals surface area contributed by atoms with Gasteiger partial charge in [-0.15, -0.1) is 0 Å². The first-order chi connectivity index (χ1) is 8.94. The Labute approximate surface area is 111 Å². The molecule has 0 aliphatic rings. The quantitative estimate of drug-likeness (QED) is 0.701. The highest BCUT2D eigenvalue weighted by molar-refractivity contribution is 5.96. The van der Waals surface area contributed by atoms with Gasteiger partial charge in [0.2, 0.25) is 0 Å². The van der Waals surface area contributed by atoms with Gasteiger partial charge in [0.05, 0.1) is 12.0 Å². The number of nitrogen functional groups attached to an aromatic ring is 1. The van der Waals surface area contributed by atoms with E-state index in [2.05, 4.69) is 15.3 Å². The summed E-state index contributed by atoms with van der Waals surface area (Å²) in [5.74, 6) is -1.44. The Balaban J connectivity index is 2.94. The number of carboxylic acids is 1. The summed E-state index contributed by atoms with van der Waals surface area (Å²) in [5, 5.41) is 11.7. The van der Waals surface area contributed by atoms with Gasteiger partial charge in [0.15, 0.2) is 11.5 Å². The molecule has 1 aromatic heterocycles. The Hall–Kier alpha value is -2.18. The van der Waals surface area contributed by atoms with Crippen LogP contribution in [-0.2, 0) is 4.79 Å². The number of carbonyl (C=O) groups excluding carboxylic acids is 1. The van der Waals surface area contributed by atoms with Crippen molar-refractivity contribution in [2.45, 2.75) is 38.6 Å². The summed E-state index contributed by atoms with van der Waals surface area (Å²) in [5.41, 5.74) is 4.79. The molecule has 0 aromatic carbocycles. The predicted octanol–water partition coefficient (Wildman–Crippen LogP) is 0.822. The molecule has 1 heterocycles. The van der Waals surface area contributed by atoms with Crippen LogP contribution < -0.4 is 11.1 Å². The van der Waals surface area contributed by atoms with Crippen molar-refractivity contribution in [3.63, 3.8) is 0 Å². The van der Waals surface area contributed by atoms with Gasteiger partial charge in [0.25, 0.3) is 5.91 Å². The van der Waals surface area contributed by atoms with Crippen LogP contribution in [0.15, 0.2) is 12.4 Å². The van der Waals surface area contributed by atoms with Crippen LogP contribution in [0.5, 0.6) is 0 Å². The Morgan fingerprint density at radius 3 is 2.37 bits per heavy atom. The molecule has 1 amide bonds. The van der Waals surface area contributed by atoms with Crippen molar-refractivity contribution in [3.05, 3.63) is 18.1 Å². The number of amides is 1. The summed E-state index contributed by atoms with van der Waals surface area (Å²) in [4.78, 5) is 30.7. The van der Waals surface area contributed by atoms with Gasteiger partial charge >= 0.3 is 5.97 Å². The number of hydrogen-bond acceptors (Lipinski definition) is 5. The molecule has 0 bridgehead atoms. The first kappa shape index (κ1) is 14.9. The molecule has 1 aromatic rings. The van der Waals surface area contributed by atoms with Crippen LogP contribution in [-0.4, -0.2) is 32.5 Å². The second-order valence-electron chi connectivity index (χ2n) is 4.30. The van der Waals surface area contributed by atoms with E-state index < -0.39 is 17.4 Å². The second-order valence-corrected chi connectivity index (χ2v) is 4.30. The maximum absolute atomic E-state index is 12.1. The molecule has 0 saturated carbocycles. The van der Waals surface area contributed by atoms with Gasteiger partial charge in [-0.25, -0.2) is 9.97 Å². The zero-order valence-electron chi connectivity index (χ0n) is 11.0. The smallest absolute Gasteiger partial charge is 0.305 e. The summed E-state index contributed by atoms with van der Waals surface area (Å²) in [6, 6.07) is 0. The fourth-order valence-electron chi connectivity index (χ4n) is 1.83. The van der Waals surface area contributed by atoms with E-state index >= 15 is 0 Å². The molecule has 0 atom stereocenters. The second kappa shape index (κ2) is 6.12. The van der Waals surface area contributed by atoms with Crippen LogP contribution in [0.25, 0.3) is 0 Å². The van der Waals surface area contributed by atoms with E-state index in [9.17, 15) is 9.59 Å². The van der Waals surface area contributed by atoms with Crippen LogP contribution in [0.3, 0.4) is 0 Å². The number of hydrogen-bond donors (Lipinski definition) is 3. The minimum absolute atomic E-state index is 0.0131. The van der Waals surface area contributed by atoms with Gasteiger partial charge in [-0.05, 0) is 12.8 Å². The van der Waals surface area contributed by atoms with E-state index in [0.29, 0.717) is 12.8 Å². The molecule has 7 heteroatoms. The Bertz CT molecular complexity index is 472. The van der Waals surface area contributed by atoms with Crippen molar-refractivity contribution in [1.29, 1.82) is 0 Å². The standard InChI is InChI=1S/C12H18N4O3/c1-3-12(4-2,7-8(17)18)16-11(19)9-10(13)15-6-5-14-9/h5-6H,3-4,7H2,1-2H3,(H2,13,15)(H,16,19)(H,17,18). The van der Waals surface area contributed by atoms with Gasteiger partial charge in [-0.2, -0.15) is 0 Å². The van der Waals surface area contributed by atoms with Crippen LogP contribution in [0, 0.1) is 0 Å². The monoisotopic (exact) mass is 266 g/mol. The number of carbonyl (C=O) groups is 2. The molecule has 7 nitrogen and oxygen atoms in total. The molecule has 0 aliphatic heterocycles. The number of nitrogens with two attached hydrogens (primary N) is 1. The number of carboxylic acid groups (broad SMARTS) is 1. The van der Waals surface area contributed by atoms with Crippen LogP contribution in [0.1, 0.15) is 43.6 Å². The van der Waals surface area contributed by atoms with Crippen molar-refractivity contribution < 1.29 is 14.7 Å². The van der Waals surface area contributed by atoms with Crippen molar-refractivity contribution >= 4 is 17.7 Å². The molecule has 1 rings (SSSR count). The summed E-state index contributed by atoms with van der Waals surface area (Å²) in [6.45, 7) is 3.65. The highest BCUT2D eigenvalue weighted by Gasteiger charge is 2.32. The highest BCUT2D eigenvalue weighted by Crippen LogP contribution is 2.21. The van der Waals surface area contributed by atoms with Crippen molar-refractivity contribution in [2.75, 3.05) is 5.73 Å². The molecule has 0 radical (unpaired) electrons. The van der Waals surface area contributed by atoms with Gasteiger partial charge in [0.1, 0.15) is 0 Å². The fraction of sp³-hybridized carbons (Fsp3) is 0.500. The Morgan fingerprint density at radius 1 is 1.32 bits per heavy atom. The number of nitrogens with one attached hydrogen (secondary N) is 1. The average molecular weight is 266 g/mol. The van der Waals surface area contributed by atoms with E-state index in [1.807, 2.05) is 13.8 Å². The maximum atomic E-state index is 12.1. The lowest BCUT2D eigenvalue weighted by Crippen LogP contribution is -2.49. The van der Waals surface area contributed by atoms with Gasteiger partial charge in [-0.3, -0.25) is 9.59 Å². The maximum Gasteiger partial charge on any atom is 0.305 e. The number of rotatable bonds is 6. The molecule has 0 aliphatic carbocycles. The van der Waals surface area contributed by atoms with Gasteiger partial charge in [0, 0.05) is 12.4 Å². The van der Waals surface area contributed by atoms with E-state index in [4.69, 9.17) is 10.8 Å². The van der Waals surface area contributed by atoms with Gasteiger partial charge < -0.3 is 16.2 Å². The lowest BCUT2D eigenvalue weighted by molar-refractivity contribution is -0.138. The number of nitrogens with zero attached hydrogens (tertiary/aromatic N) is 2. The molecule has 0 unspecified atom stereocenters. The lowest BCUT2D eigenvalue weighted by atomic mass is 9.89. The highest BCUT2D eigenvalue weighted by atomic mass is 16.4. The summed E-state index contributed by atoms with van der Waals surface area (Å²) in [7, 11) is 0. The van der Waals surface area contributed by atoms with Crippen molar-refractivity contribution in [3.8, 4) is 0 Å². The fourth-order valence-corrected chi connectivity index (χ4v) is 1.83. The first-order valence-electron chi connectivity index (χ1n) is 6.05. The van der Waals surface area contributed by atoms with E-state index in [-0.39, 0.29) is 17.9 Å². The minimum atomic E-state index is -0.962. The molecule has 4 N–H and O–H groups in total. The topological polar surface area (TPSA) is 118 Å². The Kier molecular flexibility index (Phi) is 4.80. The largest absolute Gasteiger partial charge is 0.481 e. The molecular weight excluding hydrogens is 248 g/mol. The van der Waals surface area contributed by atoms with Crippen LogP contribution in [0.4, 0.5) is 5.82 Å². The molecule has 104 valence electrons. The van der Waals surface area contributed by atoms with Crippen LogP contribution >= 0.6 is 0 Å². The molecular formula is C12H18N4O3.